The number of ether oxygens (including phenoxy) is 1. The van der Waals surface area contributed by atoms with Crippen LogP contribution in [0.4, 0.5) is 10.2 Å². The fourth-order valence-electron chi connectivity index (χ4n) is 5.22. The van der Waals surface area contributed by atoms with Crippen LogP contribution in [-0.2, 0) is 9.53 Å². The van der Waals surface area contributed by atoms with Crippen LogP contribution >= 0.6 is 0 Å². The van der Waals surface area contributed by atoms with Crippen LogP contribution in [-0.4, -0.2) is 77.7 Å². The monoisotopic (exact) mass is 434 g/mol. The number of aromatic nitrogens is 1. The Morgan fingerprint density at radius 2 is 2.00 bits per heavy atom. The van der Waals surface area contributed by atoms with Gasteiger partial charge in [0.1, 0.15) is 0 Å². The molecule has 0 aliphatic carbocycles. The molecule has 2 aliphatic heterocycles. The quantitative estimate of drug-likeness (QED) is 0.657. The first-order chi connectivity index (χ1) is 14.7. The van der Waals surface area contributed by atoms with Gasteiger partial charge in [-0.15, -0.1) is 0 Å². The van der Waals surface area contributed by atoms with Gasteiger partial charge in [-0.3, -0.25) is 14.6 Å². The smallest absolute Gasteiger partial charge is 0.228 e. The SMILES string of the molecule is CCC(=O)N(CC1(N2CCN(CC(C)C)CC2)CCOC(C)(C)C1)c1ncccc1F. The fraction of sp³-hybridized carbons (Fsp3) is 0.750. The Morgan fingerprint density at radius 3 is 2.58 bits per heavy atom. The van der Waals surface area contributed by atoms with E-state index in [0.717, 1.165) is 45.6 Å². The molecule has 2 fully saturated rings. The van der Waals surface area contributed by atoms with Gasteiger partial charge in [0, 0.05) is 64.0 Å². The van der Waals surface area contributed by atoms with Gasteiger partial charge in [0.2, 0.25) is 5.91 Å². The number of rotatable bonds is 7. The number of hydrogen-bond donors (Lipinski definition) is 0. The Bertz CT molecular complexity index is 749. The van der Waals surface area contributed by atoms with Gasteiger partial charge in [-0.1, -0.05) is 20.8 Å². The number of carbonyl (C=O) groups excluding carboxylic acids is 1. The molecule has 2 aliphatic rings. The highest BCUT2D eigenvalue weighted by Gasteiger charge is 2.47. The first kappa shape index (κ1) is 24.1. The van der Waals surface area contributed by atoms with Crippen molar-refractivity contribution in [2.75, 3.05) is 50.8 Å². The van der Waals surface area contributed by atoms with Crippen LogP contribution in [0.5, 0.6) is 0 Å². The summed E-state index contributed by atoms with van der Waals surface area (Å²) >= 11 is 0. The summed E-state index contributed by atoms with van der Waals surface area (Å²) < 4.78 is 20.7. The highest BCUT2D eigenvalue weighted by atomic mass is 19.1. The number of carbonyl (C=O) groups is 1. The van der Waals surface area contributed by atoms with Gasteiger partial charge in [0.25, 0.3) is 0 Å². The Kier molecular flexibility index (Phi) is 7.71. The minimum Gasteiger partial charge on any atom is -0.375 e. The van der Waals surface area contributed by atoms with Crippen LogP contribution in [0.2, 0.25) is 0 Å². The molecule has 1 atom stereocenters. The number of piperazine rings is 1. The van der Waals surface area contributed by atoms with E-state index in [9.17, 15) is 9.18 Å². The molecular weight excluding hydrogens is 395 g/mol. The lowest BCUT2D eigenvalue weighted by Crippen LogP contribution is -2.66. The van der Waals surface area contributed by atoms with E-state index in [2.05, 4.69) is 42.5 Å². The Labute approximate surface area is 186 Å². The van der Waals surface area contributed by atoms with E-state index < -0.39 is 5.82 Å². The number of halogens is 1. The second-order valence-corrected chi connectivity index (χ2v) is 10.1. The molecule has 2 saturated heterocycles. The molecule has 0 spiro atoms. The highest BCUT2D eigenvalue weighted by Crippen LogP contribution is 2.39. The molecule has 31 heavy (non-hydrogen) atoms. The molecule has 1 unspecified atom stereocenters. The molecule has 1 amide bonds. The van der Waals surface area contributed by atoms with Crippen molar-refractivity contribution in [3.05, 3.63) is 24.1 Å². The molecule has 1 aromatic rings. The predicted molar refractivity (Wildman–Crippen MR) is 122 cm³/mol. The van der Waals surface area contributed by atoms with Crippen LogP contribution in [0, 0.1) is 11.7 Å². The summed E-state index contributed by atoms with van der Waals surface area (Å²) in [4.78, 5) is 23.8. The van der Waals surface area contributed by atoms with E-state index in [4.69, 9.17) is 4.74 Å². The first-order valence-electron chi connectivity index (χ1n) is 11.7. The number of pyridine rings is 1. The molecule has 6 nitrogen and oxygen atoms in total. The van der Waals surface area contributed by atoms with Crippen LogP contribution in [0.15, 0.2) is 18.3 Å². The van der Waals surface area contributed by atoms with Crippen molar-refractivity contribution >= 4 is 11.7 Å². The summed E-state index contributed by atoms with van der Waals surface area (Å²) in [7, 11) is 0. The van der Waals surface area contributed by atoms with Crippen molar-refractivity contribution in [1.29, 1.82) is 0 Å². The topological polar surface area (TPSA) is 48.9 Å². The Balaban J connectivity index is 1.89. The average Bonchev–Trinajstić information content (AvgIpc) is 2.71. The Morgan fingerprint density at radius 1 is 1.29 bits per heavy atom. The molecule has 0 radical (unpaired) electrons. The summed E-state index contributed by atoms with van der Waals surface area (Å²) in [6.45, 7) is 16.7. The van der Waals surface area contributed by atoms with E-state index in [1.807, 2.05) is 6.92 Å². The van der Waals surface area contributed by atoms with Crippen molar-refractivity contribution in [1.82, 2.24) is 14.8 Å². The third-order valence-corrected chi connectivity index (χ3v) is 6.53. The van der Waals surface area contributed by atoms with Crippen LogP contribution in [0.3, 0.4) is 0 Å². The normalized spacial score (nSPS) is 25.0. The summed E-state index contributed by atoms with van der Waals surface area (Å²) in [6.07, 6.45) is 3.49. The maximum Gasteiger partial charge on any atom is 0.228 e. The molecule has 7 heteroatoms. The van der Waals surface area contributed by atoms with Crippen molar-refractivity contribution in [2.45, 2.75) is 65.0 Å². The van der Waals surface area contributed by atoms with Gasteiger partial charge in [0.15, 0.2) is 11.6 Å². The third-order valence-electron chi connectivity index (χ3n) is 6.53. The molecule has 3 heterocycles. The van der Waals surface area contributed by atoms with Crippen LogP contribution < -0.4 is 4.90 Å². The van der Waals surface area contributed by atoms with Gasteiger partial charge in [0.05, 0.1) is 5.60 Å². The van der Waals surface area contributed by atoms with Crippen LogP contribution in [0.25, 0.3) is 0 Å². The molecular formula is C24H39FN4O2. The van der Waals surface area contributed by atoms with Crippen LogP contribution in [0.1, 0.15) is 53.9 Å². The second kappa shape index (κ2) is 9.92. The molecule has 0 bridgehead atoms. The van der Waals surface area contributed by atoms with Gasteiger partial charge in [-0.2, -0.15) is 0 Å². The number of anilines is 1. The number of nitrogens with zero attached hydrogens (tertiary/aromatic N) is 4. The molecule has 1 aromatic heterocycles. The van der Waals surface area contributed by atoms with E-state index in [-0.39, 0.29) is 22.9 Å². The van der Waals surface area contributed by atoms with Crippen molar-refractivity contribution in [2.24, 2.45) is 5.92 Å². The van der Waals surface area contributed by atoms with E-state index in [1.165, 1.54) is 6.07 Å². The lowest BCUT2D eigenvalue weighted by Gasteiger charge is -2.54. The fourth-order valence-corrected chi connectivity index (χ4v) is 5.22. The van der Waals surface area contributed by atoms with Gasteiger partial charge in [-0.05, 0) is 44.7 Å². The summed E-state index contributed by atoms with van der Waals surface area (Å²) in [5.41, 5.74) is -0.558. The highest BCUT2D eigenvalue weighted by molar-refractivity contribution is 5.92. The third kappa shape index (κ3) is 5.82. The zero-order chi connectivity index (χ0) is 22.6. The molecule has 0 saturated carbocycles. The zero-order valence-electron chi connectivity index (χ0n) is 19.9. The summed E-state index contributed by atoms with van der Waals surface area (Å²) in [5, 5.41) is 0. The maximum absolute atomic E-state index is 14.7. The molecule has 0 N–H and O–H groups in total. The largest absolute Gasteiger partial charge is 0.375 e. The van der Waals surface area contributed by atoms with Crippen molar-refractivity contribution < 1.29 is 13.9 Å². The van der Waals surface area contributed by atoms with Gasteiger partial charge >= 0.3 is 0 Å². The molecule has 3 rings (SSSR count). The first-order valence-corrected chi connectivity index (χ1v) is 11.7. The molecule has 174 valence electrons. The average molecular weight is 435 g/mol. The number of amides is 1. The van der Waals surface area contributed by atoms with E-state index in [0.29, 0.717) is 25.5 Å². The second-order valence-electron chi connectivity index (χ2n) is 10.1. The van der Waals surface area contributed by atoms with Crippen molar-refractivity contribution in [3.63, 3.8) is 0 Å². The van der Waals surface area contributed by atoms with Crippen molar-refractivity contribution in [3.8, 4) is 0 Å². The minimum absolute atomic E-state index is 0.0975. The van der Waals surface area contributed by atoms with E-state index >= 15 is 0 Å². The Hall–Kier alpha value is -1.57. The van der Waals surface area contributed by atoms with E-state index in [1.54, 1.807) is 17.2 Å². The standard InChI is InChI=1S/C24H39FN4O2/c1-6-21(30)29(22-20(25)8-7-10-26-22)18-24(9-15-31-23(4,5)17-24)28-13-11-27(12-14-28)16-19(2)3/h7-8,10,19H,6,9,11-18H2,1-5H3. The maximum atomic E-state index is 14.7. The number of hydrogen-bond acceptors (Lipinski definition) is 5. The zero-order valence-corrected chi connectivity index (χ0v) is 19.9. The lowest BCUT2D eigenvalue weighted by molar-refractivity contribution is -0.130. The summed E-state index contributed by atoms with van der Waals surface area (Å²) in [5.74, 6) is 0.232. The van der Waals surface area contributed by atoms with Gasteiger partial charge < -0.3 is 9.64 Å². The minimum atomic E-state index is -0.451. The summed E-state index contributed by atoms with van der Waals surface area (Å²) in [6, 6.07) is 2.94. The lowest BCUT2D eigenvalue weighted by atomic mass is 9.78. The molecule has 0 aromatic carbocycles. The predicted octanol–water partition coefficient (Wildman–Crippen LogP) is 3.57. The van der Waals surface area contributed by atoms with Gasteiger partial charge in [-0.25, -0.2) is 9.37 Å².